The average Bonchev–Trinajstić information content (AvgIpc) is 3.65. The van der Waals surface area contributed by atoms with E-state index in [0.29, 0.717) is 31.2 Å². The predicted octanol–water partition coefficient (Wildman–Crippen LogP) is 2.94. The van der Waals surface area contributed by atoms with Crippen molar-refractivity contribution in [1.82, 2.24) is 14.1 Å². The Morgan fingerprint density at radius 2 is 1.66 bits per heavy atom. The van der Waals surface area contributed by atoms with Crippen molar-refractivity contribution in [2.24, 2.45) is 0 Å². The van der Waals surface area contributed by atoms with Gasteiger partial charge < -0.3 is 4.90 Å². The Hall–Kier alpha value is -2.55. The normalized spacial score (nSPS) is 17.9. The molecule has 1 amide bonds. The summed E-state index contributed by atoms with van der Waals surface area (Å²) in [7, 11) is -3.54. The number of sulfonamides is 1. The first-order chi connectivity index (χ1) is 15.4. The molecule has 4 rings (SSSR count). The molecule has 170 valence electrons. The smallest absolute Gasteiger partial charge is 0.236 e. The predicted molar refractivity (Wildman–Crippen MR) is 122 cm³/mol. The summed E-state index contributed by atoms with van der Waals surface area (Å²) in [6.45, 7) is 1.88. The largest absolute Gasteiger partial charge is 0.339 e. The minimum absolute atomic E-state index is 0.0369. The highest BCUT2D eigenvalue weighted by Gasteiger charge is 2.33. The zero-order valence-corrected chi connectivity index (χ0v) is 18.8. The van der Waals surface area contributed by atoms with Crippen LogP contribution in [0.1, 0.15) is 24.0 Å². The Labute approximate surface area is 189 Å². The van der Waals surface area contributed by atoms with E-state index in [1.165, 1.54) is 15.8 Å². The molecule has 0 N–H and O–H groups in total. The van der Waals surface area contributed by atoms with Gasteiger partial charge in [0.2, 0.25) is 15.9 Å². The quantitative estimate of drug-likeness (QED) is 0.612. The van der Waals surface area contributed by atoms with Crippen LogP contribution in [-0.2, 0) is 21.4 Å². The van der Waals surface area contributed by atoms with Crippen molar-refractivity contribution in [3.63, 3.8) is 0 Å². The molecule has 1 saturated carbocycles. The van der Waals surface area contributed by atoms with Gasteiger partial charge in [-0.2, -0.15) is 4.31 Å². The monoisotopic (exact) mass is 457 g/mol. The average molecular weight is 458 g/mol. The number of benzene rings is 2. The van der Waals surface area contributed by atoms with E-state index >= 15 is 0 Å². The van der Waals surface area contributed by atoms with E-state index < -0.39 is 10.0 Å². The SMILES string of the molecule is O=C(CN(Cc1ccccc1F)C1CC1)N1CCN(S(=O)(=O)C=Cc2ccccc2)CC1. The lowest BCUT2D eigenvalue weighted by molar-refractivity contribution is -0.133. The van der Waals surface area contributed by atoms with Crippen LogP contribution < -0.4 is 0 Å². The number of carbonyl (C=O) groups excluding carboxylic acids is 1. The third kappa shape index (κ3) is 5.82. The third-order valence-electron chi connectivity index (χ3n) is 5.92. The fourth-order valence-corrected chi connectivity index (χ4v) is 5.05. The Bertz CT molecular complexity index is 1060. The summed E-state index contributed by atoms with van der Waals surface area (Å²) in [4.78, 5) is 16.6. The van der Waals surface area contributed by atoms with Crippen molar-refractivity contribution in [2.75, 3.05) is 32.7 Å². The number of halogens is 1. The summed E-state index contributed by atoms with van der Waals surface area (Å²) in [6.07, 6.45) is 3.62. The second-order valence-electron chi connectivity index (χ2n) is 8.27. The second kappa shape index (κ2) is 9.94. The topological polar surface area (TPSA) is 60.9 Å². The fourth-order valence-electron chi connectivity index (χ4n) is 3.88. The van der Waals surface area contributed by atoms with Gasteiger partial charge in [0.15, 0.2) is 0 Å². The lowest BCUT2D eigenvalue weighted by Crippen LogP contribution is -2.52. The number of hydrogen-bond acceptors (Lipinski definition) is 4. The van der Waals surface area contributed by atoms with E-state index in [2.05, 4.69) is 0 Å². The standard InChI is InChI=1S/C24H28FN3O3S/c25-23-9-5-4-8-21(23)18-27(22-10-11-22)19-24(29)26-13-15-28(16-14-26)32(30,31)17-12-20-6-2-1-3-7-20/h1-9,12,17,22H,10-11,13-16,18-19H2. The molecule has 6 nitrogen and oxygen atoms in total. The molecular weight excluding hydrogens is 429 g/mol. The molecule has 0 radical (unpaired) electrons. The van der Waals surface area contributed by atoms with Crippen molar-refractivity contribution in [3.05, 3.63) is 76.9 Å². The lowest BCUT2D eigenvalue weighted by atomic mass is 10.2. The number of piperazine rings is 1. The molecule has 0 bridgehead atoms. The van der Waals surface area contributed by atoms with Crippen LogP contribution in [0.2, 0.25) is 0 Å². The van der Waals surface area contributed by atoms with Gasteiger partial charge >= 0.3 is 0 Å². The van der Waals surface area contributed by atoms with Crippen LogP contribution in [0.15, 0.2) is 60.0 Å². The van der Waals surface area contributed by atoms with Crippen LogP contribution in [0.5, 0.6) is 0 Å². The molecule has 0 atom stereocenters. The Balaban J connectivity index is 1.31. The molecule has 2 aliphatic rings. The second-order valence-corrected chi connectivity index (χ2v) is 10.1. The maximum Gasteiger partial charge on any atom is 0.236 e. The van der Waals surface area contributed by atoms with E-state index in [0.717, 1.165) is 18.4 Å². The van der Waals surface area contributed by atoms with E-state index in [-0.39, 0.29) is 31.4 Å². The molecule has 1 saturated heterocycles. The van der Waals surface area contributed by atoms with Crippen LogP contribution in [0.3, 0.4) is 0 Å². The van der Waals surface area contributed by atoms with Gasteiger partial charge in [-0.3, -0.25) is 9.69 Å². The molecule has 1 heterocycles. The van der Waals surface area contributed by atoms with Gasteiger partial charge in [0.05, 0.1) is 6.54 Å². The number of carbonyl (C=O) groups is 1. The third-order valence-corrected chi connectivity index (χ3v) is 7.48. The van der Waals surface area contributed by atoms with Crippen molar-refractivity contribution < 1.29 is 17.6 Å². The molecule has 8 heteroatoms. The van der Waals surface area contributed by atoms with E-state index in [4.69, 9.17) is 0 Å². The van der Waals surface area contributed by atoms with Crippen LogP contribution in [0, 0.1) is 5.82 Å². The van der Waals surface area contributed by atoms with E-state index in [9.17, 15) is 17.6 Å². The highest BCUT2D eigenvalue weighted by atomic mass is 32.2. The summed E-state index contributed by atoms with van der Waals surface area (Å²) < 4.78 is 40.7. The van der Waals surface area contributed by atoms with E-state index in [1.807, 2.05) is 35.2 Å². The summed E-state index contributed by atoms with van der Waals surface area (Å²) in [5, 5.41) is 1.23. The molecular formula is C24H28FN3O3S. The zero-order chi connectivity index (χ0) is 22.6. The molecule has 0 unspecified atom stereocenters. The summed E-state index contributed by atoms with van der Waals surface area (Å²) in [5.41, 5.74) is 1.41. The summed E-state index contributed by atoms with van der Waals surface area (Å²) in [6, 6.07) is 16.2. The van der Waals surface area contributed by atoms with Gasteiger partial charge in [-0.05, 0) is 30.5 Å². The van der Waals surface area contributed by atoms with Crippen molar-refractivity contribution in [3.8, 4) is 0 Å². The maximum absolute atomic E-state index is 14.1. The van der Waals surface area contributed by atoms with Gasteiger partial charge in [0.25, 0.3) is 0 Å². The van der Waals surface area contributed by atoms with Gasteiger partial charge in [-0.1, -0.05) is 48.5 Å². The molecule has 2 aromatic carbocycles. The molecule has 1 aliphatic carbocycles. The summed E-state index contributed by atoms with van der Waals surface area (Å²) in [5.74, 6) is -0.293. The first-order valence-corrected chi connectivity index (χ1v) is 12.4. The lowest BCUT2D eigenvalue weighted by Gasteiger charge is -2.34. The first-order valence-electron chi connectivity index (χ1n) is 10.9. The fraction of sp³-hybridized carbons (Fsp3) is 0.375. The van der Waals surface area contributed by atoms with Gasteiger partial charge in [-0.25, -0.2) is 12.8 Å². The summed E-state index contributed by atoms with van der Waals surface area (Å²) >= 11 is 0. The molecule has 2 fully saturated rings. The number of amides is 1. The highest BCUT2D eigenvalue weighted by molar-refractivity contribution is 7.92. The molecule has 32 heavy (non-hydrogen) atoms. The number of rotatable bonds is 8. The van der Waals surface area contributed by atoms with Crippen molar-refractivity contribution >= 4 is 22.0 Å². The first kappa shape index (κ1) is 22.6. The minimum atomic E-state index is -3.54. The maximum atomic E-state index is 14.1. The van der Waals surface area contributed by atoms with Crippen LogP contribution in [-0.4, -0.2) is 67.2 Å². The molecule has 2 aromatic rings. The Morgan fingerprint density at radius 1 is 1.00 bits per heavy atom. The van der Waals surface area contributed by atoms with Gasteiger partial charge in [0.1, 0.15) is 5.82 Å². The van der Waals surface area contributed by atoms with Crippen LogP contribution in [0.25, 0.3) is 6.08 Å². The van der Waals surface area contributed by atoms with Crippen LogP contribution in [0.4, 0.5) is 4.39 Å². The minimum Gasteiger partial charge on any atom is -0.339 e. The zero-order valence-electron chi connectivity index (χ0n) is 17.9. The van der Waals surface area contributed by atoms with Gasteiger partial charge in [-0.15, -0.1) is 0 Å². The molecule has 1 aliphatic heterocycles. The molecule has 0 spiro atoms. The van der Waals surface area contributed by atoms with Crippen molar-refractivity contribution in [1.29, 1.82) is 0 Å². The van der Waals surface area contributed by atoms with E-state index in [1.54, 1.807) is 29.2 Å². The molecule has 0 aromatic heterocycles. The van der Waals surface area contributed by atoms with Crippen LogP contribution >= 0.6 is 0 Å². The Kier molecular flexibility index (Phi) is 7.03. The van der Waals surface area contributed by atoms with Gasteiger partial charge in [0, 0.05) is 49.7 Å². The Morgan fingerprint density at radius 3 is 2.31 bits per heavy atom. The number of hydrogen-bond donors (Lipinski definition) is 0. The van der Waals surface area contributed by atoms with Crippen molar-refractivity contribution in [2.45, 2.75) is 25.4 Å². The number of nitrogens with zero attached hydrogens (tertiary/aromatic N) is 3. The highest BCUT2D eigenvalue weighted by Crippen LogP contribution is 2.28.